The Morgan fingerprint density at radius 2 is 1.59 bits per heavy atom. The van der Waals surface area contributed by atoms with Crippen LogP contribution in [0.1, 0.15) is 52.9 Å². The number of fused-ring (bicyclic) bond motifs is 1. The third kappa shape index (κ3) is 7.02. The fourth-order valence-corrected chi connectivity index (χ4v) is 4.55. The molecule has 2 amide bonds. The first kappa shape index (κ1) is 27.8. The maximum absolute atomic E-state index is 13.9. The molecule has 6 nitrogen and oxygen atoms in total. The molecule has 39 heavy (non-hydrogen) atoms. The lowest BCUT2D eigenvalue weighted by Crippen LogP contribution is -2.43. The molecule has 0 fully saturated rings. The van der Waals surface area contributed by atoms with E-state index in [0.29, 0.717) is 41.1 Å². The maximum atomic E-state index is 13.9. The number of hydrogen-bond acceptors (Lipinski definition) is 4. The number of hydrogen-bond donors (Lipinski definition) is 0. The van der Waals surface area contributed by atoms with Crippen LogP contribution in [0, 0.1) is 19.8 Å². The van der Waals surface area contributed by atoms with Gasteiger partial charge in [0.15, 0.2) is 5.43 Å². The topological polar surface area (TPSA) is 70.8 Å². The summed E-state index contributed by atoms with van der Waals surface area (Å²) in [5, 5.41) is 0.493. The Kier molecular flexibility index (Phi) is 8.97. The number of carbonyl (C=O) groups excluding carboxylic acids is 2. The molecule has 6 heteroatoms. The molecule has 4 rings (SSSR count). The molecule has 0 saturated carbocycles. The Morgan fingerprint density at radius 1 is 0.872 bits per heavy atom. The Morgan fingerprint density at radius 3 is 2.31 bits per heavy atom. The molecule has 4 aromatic rings. The summed E-state index contributed by atoms with van der Waals surface area (Å²) in [4.78, 5) is 44.1. The quantitative estimate of drug-likeness (QED) is 0.250. The summed E-state index contributed by atoms with van der Waals surface area (Å²) in [6, 6.07) is 22.6. The molecule has 0 unspecified atom stereocenters. The highest BCUT2D eigenvalue weighted by Crippen LogP contribution is 2.17. The summed E-state index contributed by atoms with van der Waals surface area (Å²) in [5.41, 5.74) is 4.11. The van der Waals surface area contributed by atoms with Gasteiger partial charge in [-0.15, -0.1) is 0 Å². The lowest BCUT2D eigenvalue weighted by atomic mass is 10.1. The molecule has 0 N–H and O–H groups in total. The molecular formula is C33H36N2O4. The van der Waals surface area contributed by atoms with Crippen LogP contribution in [-0.4, -0.2) is 34.7 Å². The van der Waals surface area contributed by atoms with Gasteiger partial charge in [0.2, 0.25) is 5.91 Å². The second-order valence-electron chi connectivity index (χ2n) is 10.5. The molecule has 0 aliphatic carbocycles. The van der Waals surface area contributed by atoms with Crippen molar-refractivity contribution in [2.45, 2.75) is 47.2 Å². The van der Waals surface area contributed by atoms with Crippen molar-refractivity contribution in [2.75, 3.05) is 13.1 Å². The normalized spacial score (nSPS) is 11.1. The number of benzene rings is 3. The third-order valence-corrected chi connectivity index (χ3v) is 6.89. The molecule has 3 aromatic carbocycles. The molecule has 0 spiro atoms. The fraction of sp³-hybridized carbons (Fsp3) is 0.303. The predicted molar refractivity (Wildman–Crippen MR) is 154 cm³/mol. The average Bonchev–Trinajstić information content (AvgIpc) is 2.92. The van der Waals surface area contributed by atoms with E-state index in [4.69, 9.17) is 4.42 Å². The van der Waals surface area contributed by atoms with Crippen molar-refractivity contribution < 1.29 is 14.0 Å². The van der Waals surface area contributed by atoms with Crippen LogP contribution in [-0.2, 0) is 17.9 Å². The predicted octanol–water partition coefficient (Wildman–Crippen LogP) is 6.13. The van der Waals surface area contributed by atoms with Gasteiger partial charge in [0.1, 0.15) is 12.1 Å². The largest absolute Gasteiger partial charge is 0.464 e. The lowest BCUT2D eigenvalue weighted by molar-refractivity contribution is -0.133. The van der Waals surface area contributed by atoms with Gasteiger partial charge in [-0.25, -0.2) is 0 Å². The van der Waals surface area contributed by atoms with E-state index in [-0.39, 0.29) is 30.3 Å². The van der Waals surface area contributed by atoms with Crippen molar-refractivity contribution in [3.63, 3.8) is 0 Å². The summed E-state index contributed by atoms with van der Waals surface area (Å²) < 4.78 is 5.76. The van der Waals surface area contributed by atoms with E-state index in [9.17, 15) is 14.4 Å². The molecular weight excluding hydrogens is 488 g/mol. The Hall–Kier alpha value is -4.19. The second-order valence-corrected chi connectivity index (χ2v) is 10.5. The van der Waals surface area contributed by atoms with Gasteiger partial charge in [0.25, 0.3) is 5.91 Å². The lowest BCUT2D eigenvalue weighted by Gasteiger charge is -2.28. The van der Waals surface area contributed by atoms with Gasteiger partial charge in [-0.2, -0.15) is 0 Å². The first-order valence-electron chi connectivity index (χ1n) is 13.4. The van der Waals surface area contributed by atoms with E-state index in [1.165, 1.54) is 6.26 Å². The van der Waals surface area contributed by atoms with Gasteiger partial charge in [-0.05, 0) is 55.5 Å². The average molecular weight is 525 g/mol. The van der Waals surface area contributed by atoms with E-state index in [2.05, 4.69) is 13.8 Å². The van der Waals surface area contributed by atoms with Crippen LogP contribution >= 0.6 is 0 Å². The minimum absolute atomic E-state index is 0.0786. The molecule has 0 atom stereocenters. The molecule has 0 aliphatic rings. The van der Waals surface area contributed by atoms with Crippen molar-refractivity contribution >= 4 is 22.8 Å². The zero-order chi connectivity index (χ0) is 27.9. The highest BCUT2D eigenvalue weighted by molar-refractivity contribution is 5.97. The van der Waals surface area contributed by atoms with Crippen LogP contribution in [0.25, 0.3) is 11.0 Å². The van der Waals surface area contributed by atoms with Crippen LogP contribution in [0.15, 0.2) is 88.3 Å². The summed E-state index contributed by atoms with van der Waals surface area (Å²) in [7, 11) is 0. The number of rotatable bonds is 10. The molecule has 202 valence electrons. The number of carbonyl (C=O) groups is 2. The maximum Gasteiger partial charge on any atom is 0.254 e. The van der Waals surface area contributed by atoms with E-state index in [1.54, 1.807) is 21.9 Å². The molecule has 1 heterocycles. The van der Waals surface area contributed by atoms with Crippen LogP contribution in [0.2, 0.25) is 0 Å². The van der Waals surface area contributed by atoms with Crippen molar-refractivity contribution in [1.29, 1.82) is 0 Å². The first-order chi connectivity index (χ1) is 18.7. The van der Waals surface area contributed by atoms with Crippen molar-refractivity contribution in [2.24, 2.45) is 5.92 Å². The van der Waals surface area contributed by atoms with Gasteiger partial charge >= 0.3 is 0 Å². The van der Waals surface area contributed by atoms with Crippen molar-refractivity contribution in [1.82, 2.24) is 9.80 Å². The fourth-order valence-electron chi connectivity index (χ4n) is 4.55. The minimum Gasteiger partial charge on any atom is -0.464 e. The summed E-state index contributed by atoms with van der Waals surface area (Å²) in [6.45, 7) is 8.80. The van der Waals surface area contributed by atoms with Crippen molar-refractivity contribution in [3.05, 3.63) is 117 Å². The molecule has 0 radical (unpaired) electrons. The minimum atomic E-state index is -0.228. The Bertz CT molecular complexity index is 1510. The zero-order valence-electron chi connectivity index (χ0n) is 23.1. The molecule has 0 aliphatic heterocycles. The van der Waals surface area contributed by atoms with Gasteiger partial charge in [-0.3, -0.25) is 14.4 Å². The molecule has 0 bridgehead atoms. The molecule has 0 saturated heterocycles. The van der Waals surface area contributed by atoms with Gasteiger partial charge < -0.3 is 14.2 Å². The van der Waals surface area contributed by atoms with Crippen LogP contribution in [0.3, 0.4) is 0 Å². The number of amides is 2. The Balaban J connectivity index is 1.65. The van der Waals surface area contributed by atoms with Crippen molar-refractivity contribution in [3.8, 4) is 0 Å². The van der Waals surface area contributed by atoms with Gasteiger partial charge in [0.05, 0.1) is 23.8 Å². The van der Waals surface area contributed by atoms with Crippen LogP contribution in [0.5, 0.6) is 0 Å². The zero-order valence-corrected chi connectivity index (χ0v) is 23.1. The van der Waals surface area contributed by atoms with Crippen LogP contribution in [0.4, 0.5) is 0 Å². The summed E-state index contributed by atoms with van der Waals surface area (Å²) in [5.74, 6) is -0.0193. The second kappa shape index (κ2) is 12.6. The van der Waals surface area contributed by atoms with Gasteiger partial charge in [0, 0.05) is 18.7 Å². The summed E-state index contributed by atoms with van der Waals surface area (Å²) >= 11 is 0. The van der Waals surface area contributed by atoms with E-state index in [0.717, 1.165) is 23.1 Å². The Labute approximate surface area is 229 Å². The number of aryl methyl sites for hydroxylation is 2. The van der Waals surface area contributed by atoms with E-state index in [1.807, 2.05) is 74.5 Å². The highest BCUT2D eigenvalue weighted by Gasteiger charge is 2.25. The highest BCUT2D eigenvalue weighted by atomic mass is 16.3. The van der Waals surface area contributed by atoms with E-state index < -0.39 is 0 Å². The smallest absolute Gasteiger partial charge is 0.254 e. The molecule has 1 aromatic heterocycles. The SMILES string of the molecule is Cc1ccc2occ(CN(Cc3ccccc3)C(=O)CN(CCC(C)C)C(=O)c3ccccc3C)c(=O)c2c1. The standard InChI is InChI=1S/C33H36N2O4/c1-23(2)16-17-34(33(38)28-13-9-8-10-25(28)4)21-31(36)35(19-26-11-6-5-7-12-26)20-27-22-39-30-15-14-24(3)18-29(30)32(27)37/h5-15,18,22-23H,16-17,19-21H2,1-4H3. The summed E-state index contributed by atoms with van der Waals surface area (Å²) in [6.07, 6.45) is 2.22. The number of nitrogens with zero attached hydrogens (tertiary/aromatic N) is 2. The van der Waals surface area contributed by atoms with Crippen LogP contribution < -0.4 is 5.43 Å². The van der Waals surface area contributed by atoms with Gasteiger partial charge in [-0.1, -0.05) is 74.0 Å². The monoisotopic (exact) mass is 524 g/mol. The third-order valence-electron chi connectivity index (χ3n) is 6.89. The first-order valence-corrected chi connectivity index (χ1v) is 13.4. The van der Waals surface area contributed by atoms with E-state index >= 15 is 0 Å².